The minimum Gasteiger partial charge on any atom is -0.341 e. The normalized spacial score (nSPS) is 20.4. The molecular formula is C12H25ClN2O. The van der Waals surface area contributed by atoms with Gasteiger partial charge in [-0.3, -0.25) is 4.79 Å². The van der Waals surface area contributed by atoms with Crippen molar-refractivity contribution in [1.29, 1.82) is 0 Å². The average molecular weight is 249 g/mol. The highest BCUT2D eigenvalue weighted by Crippen LogP contribution is 2.12. The molecule has 1 saturated heterocycles. The third-order valence-corrected chi connectivity index (χ3v) is 3.18. The van der Waals surface area contributed by atoms with Crippen LogP contribution in [0.1, 0.15) is 45.4 Å². The summed E-state index contributed by atoms with van der Waals surface area (Å²) < 4.78 is 0. The van der Waals surface area contributed by atoms with Gasteiger partial charge in [0.15, 0.2) is 0 Å². The van der Waals surface area contributed by atoms with E-state index >= 15 is 0 Å². The summed E-state index contributed by atoms with van der Waals surface area (Å²) in [6.45, 7) is 4.03. The molecule has 4 heteroatoms. The number of carbonyl (C=O) groups excluding carboxylic acids is 1. The van der Waals surface area contributed by atoms with E-state index in [9.17, 15) is 4.79 Å². The van der Waals surface area contributed by atoms with Crippen LogP contribution in [0.25, 0.3) is 0 Å². The van der Waals surface area contributed by atoms with Crippen LogP contribution in [-0.4, -0.2) is 37.0 Å². The highest BCUT2D eigenvalue weighted by molar-refractivity contribution is 5.85. The maximum Gasteiger partial charge on any atom is 0.222 e. The predicted octanol–water partition coefficient (Wildman–Crippen LogP) is 2.20. The number of amides is 1. The summed E-state index contributed by atoms with van der Waals surface area (Å²) in [5.74, 6) is 0.350. The lowest BCUT2D eigenvalue weighted by atomic mass is 10.1. The number of likely N-dealkylation sites (tertiary alicyclic amines) is 1. The number of hydrogen-bond donors (Lipinski definition) is 1. The Hall–Kier alpha value is -0.280. The molecule has 0 unspecified atom stereocenters. The van der Waals surface area contributed by atoms with Gasteiger partial charge in [0.2, 0.25) is 5.91 Å². The third kappa shape index (κ3) is 5.17. The lowest BCUT2D eigenvalue weighted by Gasteiger charge is -2.32. The van der Waals surface area contributed by atoms with E-state index in [1.807, 2.05) is 11.9 Å². The summed E-state index contributed by atoms with van der Waals surface area (Å²) in [5.41, 5.74) is 0. The fraction of sp³-hybridized carbons (Fsp3) is 0.917. The van der Waals surface area contributed by atoms with Crippen molar-refractivity contribution in [2.75, 3.05) is 20.1 Å². The lowest BCUT2D eigenvalue weighted by molar-refractivity contribution is -0.132. The number of rotatable bonds is 5. The third-order valence-electron chi connectivity index (χ3n) is 3.18. The first-order valence-electron chi connectivity index (χ1n) is 6.23. The number of unbranched alkanes of at least 4 members (excludes halogenated alkanes) is 2. The first kappa shape index (κ1) is 15.7. The van der Waals surface area contributed by atoms with E-state index in [-0.39, 0.29) is 12.4 Å². The van der Waals surface area contributed by atoms with Gasteiger partial charge in [0.25, 0.3) is 0 Å². The number of piperidine rings is 1. The van der Waals surface area contributed by atoms with Gasteiger partial charge >= 0.3 is 0 Å². The minimum atomic E-state index is 0. The summed E-state index contributed by atoms with van der Waals surface area (Å²) in [7, 11) is 1.98. The monoisotopic (exact) mass is 248 g/mol. The molecule has 1 N–H and O–H groups in total. The maximum absolute atomic E-state index is 11.8. The zero-order chi connectivity index (χ0) is 11.1. The predicted molar refractivity (Wildman–Crippen MR) is 70.1 cm³/mol. The van der Waals surface area contributed by atoms with E-state index in [0.717, 1.165) is 32.4 Å². The molecule has 1 aliphatic rings. The van der Waals surface area contributed by atoms with Crippen LogP contribution in [0.15, 0.2) is 0 Å². The molecule has 1 heterocycles. The van der Waals surface area contributed by atoms with Crippen LogP contribution in [0.2, 0.25) is 0 Å². The van der Waals surface area contributed by atoms with Crippen molar-refractivity contribution >= 4 is 18.3 Å². The first-order chi connectivity index (χ1) is 7.27. The second kappa shape index (κ2) is 8.82. The summed E-state index contributed by atoms with van der Waals surface area (Å²) in [6.07, 6.45) is 6.50. The van der Waals surface area contributed by atoms with Crippen molar-refractivity contribution in [2.24, 2.45) is 0 Å². The van der Waals surface area contributed by atoms with Crippen LogP contribution >= 0.6 is 12.4 Å². The average Bonchev–Trinajstić information content (AvgIpc) is 2.29. The largest absolute Gasteiger partial charge is 0.341 e. The molecule has 0 aromatic rings. The van der Waals surface area contributed by atoms with E-state index < -0.39 is 0 Å². The molecule has 1 fully saturated rings. The Morgan fingerprint density at radius 2 is 2.19 bits per heavy atom. The lowest BCUT2D eigenvalue weighted by Crippen LogP contribution is -2.46. The molecule has 1 aliphatic heterocycles. The van der Waals surface area contributed by atoms with Gasteiger partial charge < -0.3 is 10.2 Å². The molecule has 0 spiro atoms. The summed E-state index contributed by atoms with van der Waals surface area (Å²) in [4.78, 5) is 13.9. The molecule has 16 heavy (non-hydrogen) atoms. The number of nitrogens with one attached hydrogen (secondary N) is 1. The quantitative estimate of drug-likeness (QED) is 0.757. The van der Waals surface area contributed by atoms with Crippen LogP contribution in [-0.2, 0) is 4.79 Å². The van der Waals surface area contributed by atoms with Crippen LogP contribution in [0.3, 0.4) is 0 Å². The van der Waals surface area contributed by atoms with Crippen molar-refractivity contribution in [1.82, 2.24) is 10.2 Å². The molecule has 0 saturated carbocycles. The molecule has 3 nitrogen and oxygen atoms in total. The van der Waals surface area contributed by atoms with Crippen LogP contribution in [0.5, 0.6) is 0 Å². The van der Waals surface area contributed by atoms with Gasteiger partial charge in [-0.2, -0.15) is 0 Å². The minimum absolute atomic E-state index is 0. The fourth-order valence-electron chi connectivity index (χ4n) is 2.12. The Kier molecular flexibility index (Phi) is 8.67. The van der Waals surface area contributed by atoms with E-state index in [4.69, 9.17) is 0 Å². The van der Waals surface area contributed by atoms with Crippen molar-refractivity contribution in [3.63, 3.8) is 0 Å². The van der Waals surface area contributed by atoms with Gasteiger partial charge in [-0.25, -0.2) is 0 Å². The second-order valence-electron chi connectivity index (χ2n) is 4.42. The van der Waals surface area contributed by atoms with E-state index in [1.54, 1.807) is 0 Å². The molecule has 96 valence electrons. The zero-order valence-corrected chi connectivity index (χ0v) is 11.3. The molecule has 1 rings (SSSR count). The maximum atomic E-state index is 11.8. The molecule has 0 aliphatic carbocycles. The van der Waals surface area contributed by atoms with Gasteiger partial charge in [-0.15, -0.1) is 12.4 Å². The number of carbonyl (C=O) groups is 1. The molecule has 0 bridgehead atoms. The zero-order valence-electron chi connectivity index (χ0n) is 10.5. The summed E-state index contributed by atoms with van der Waals surface area (Å²) in [6, 6.07) is 0.508. The number of likely N-dealkylation sites (N-methyl/N-ethyl adjacent to an activating group) is 1. The smallest absolute Gasteiger partial charge is 0.222 e. The summed E-state index contributed by atoms with van der Waals surface area (Å²) >= 11 is 0. The molecule has 1 atom stereocenters. The number of nitrogens with zero attached hydrogens (tertiary/aromatic N) is 1. The number of halogens is 1. The highest BCUT2D eigenvalue weighted by Gasteiger charge is 2.21. The summed E-state index contributed by atoms with van der Waals surface area (Å²) in [5, 5.41) is 3.26. The van der Waals surface area contributed by atoms with Crippen molar-refractivity contribution in [2.45, 2.75) is 51.5 Å². The molecule has 0 aromatic heterocycles. The van der Waals surface area contributed by atoms with Gasteiger partial charge in [-0.1, -0.05) is 19.8 Å². The molecule has 0 radical (unpaired) electrons. The van der Waals surface area contributed by atoms with Crippen molar-refractivity contribution < 1.29 is 4.79 Å². The first-order valence-corrected chi connectivity index (χ1v) is 6.23. The molecule has 1 amide bonds. The van der Waals surface area contributed by atoms with Gasteiger partial charge in [0.05, 0.1) is 0 Å². The molecular weight excluding hydrogens is 224 g/mol. The van der Waals surface area contributed by atoms with Crippen molar-refractivity contribution in [3.8, 4) is 0 Å². The van der Waals surface area contributed by atoms with Crippen LogP contribution in [0, 0.1) is 0 Å². The number of hydrogen-bond acceptors (Lipinski definition) is 2. The van der Waals surface area contributed by atoms with Crippen molar-refractivity contribution in [3.05, 3.63) is 0 Å². The Morgan fingerprint density at radius 3 is 2.81 bits per heavy atom. The van der Waals surface area contributed by atoms with Gasteiger partial charge in [0.1, 0.15) is 0 Å². The topological polar surface area (TPSA) is 32.3 Å². The Bertz CT molecular complexity index is 199. The molecule has 0 aromatic carbocycles. The van der Waals surface area contributed by atoms with E-state index in [2.05, 4.69) is 12.2 Å². The van der Waals surface area contributed by atoms with Gasteiger partial charge in [0, 0.05) is 25.6 Å². The fourth-order valence-corrected chi connectivity index (χ4v) is 2.12. The van der Waals surface area contributed by atoms with Crippen LogP contribution < -0.4 is 5.32 Å². The second-order valence-corrected chi connectivity index (χ2v) is 4.42. The SMILES string of the molecule is CCCCCC(=O)N1CCC[C@H](NC)C1.Cl. The van der Waals surface area contributed by atoms with E-state index in [0.29, 0.717) is 11.9 Å². The standard InChI is InChI=1S/C12H24N2O.ClH/c1-3-4-5-8-12(15)14-9-6-7-11(10-14)13-2;/h11,13H,3-10H2,1-2H3;1H/t11-;/m0./s1. The Morgan fingerprint density at radius 1 is 1.44 bits per heavy atom. The Labute approximate surface area is 105 Å². The van der Waals surface area contributed by atoms with Gasteiger partial charge in [-0.05, 0) is 26.3 Å². The Balaban J connectivity index is 0.00000225. The van der Waals surface area contributed by atoms with Crippen LogP contribution in [0.4, 0.5) is 0 Å². The highest BCUT2D eigenvalue weighted by atomic mass is 35.5. The van der Waals surface area contributed by atoms with E-state index in [1.165, 1.54) is 19.3 Å².